The molecular weight excluding hydrogens is 339 g/mol. The van der Waals surface area contributed by atoms with Gasteiger partial charge in [-0.2, -0.15) is 0 Å². The first-order chi connectivity index (χ1) is 11.7. The van der Waals surface area contributed by atoms with Crippen LogP contribution in [0.3, 0.4) is 0 Å². The standard InChI is InChI=1S/C20H23FN2O.ClH/c21-18-10-5-9-17(14-18)19-15-22-12-13-23(19)20(24)11-4-8-16-6-2-1-3-7-16;/h1-3,5-7,9-10,14,19,22H,4,8,11-13,15H2;1H. The Morgan fingerprint density at radius 3 is 2.72 bits per heavy atom. The van der Waals surface area contributed by atoms with Gasteiger partial charge in [0, 0.05) is 26.1 Å². The van der Waals surface area contributed by atoms with Crippen molar-refractivity contribution in [1.82, 2.24) is 10.2 Å². The number of carbonyl (C=O) groups excluding carboxylic acids is 1. The summed E-state index contributed by atoms with van der Waals surface area (Å²) in [6, 6.07) is 16.7. The van der Waals surface area contributed by atoms with Crippen molar-refractivity contribution in [2.45, 2.75) is 25.3 Å². The Bertz CT molecular complexity index is 680. The Kier molecular flexibility index (Phi) is 7.41. The summed E-state index contributed by atoms with van der Waals surface area (Å²) in [7, 11) is 0. The van der Waals surface area contributed by atoms with Crippen LogP contribution in [0.5, 0.6) is 0 Å². The molecule has 1 unspecified atom stereocenters. The molecule has 1 atom stereocenters. The molecule has 0 aliphatic carbocycles. The van der Waals surface area contributed by atoms with Crippen LogP contribution < -0.4 is 5.32 Å². The number of nitrogens with zero attached hydrogens (tertiary/aromatic N) is 1. The zero-order valence-electron chi connectivity index (χ0n) is 14.2. The van der Waals surface area contributed by atoms with Crippen molar-refractivity contribution in [1.29, 1.82) is 0 Å². The van der Waals surface area contributed by atoms with Gasteiger partial charge in [-0.15, -0.1) is 12.4 Å². The van der Waals surface area contributed by atoms with Gasteiger partial charge in [-0.1, -0.05) is 42.5 Å². The lowest BCUT2D eigenvalue weighted by Crippen LogP contribution is -2.48. The first-order valence-electron chi connectivity index (χ1n) is 8.53. The third-order valence-corrected chi connectivity index (χ3v) is 4.50. The van der Waals surface area contributed by atoms with Crippen molar-refractivity contribution in [3.05, 3.63) is 71.5 Å². The molecule has 3 nitrogen and oxygen atoms in total. The summed E-state index contributed by atoms with van der Waals surface area (Å²) < 4.78 is 13.5. The SMILES string of the molecule is Cl.O=C(CCCc1ccccc1)N1CCNCC1c1cccc(F)c1. The minimum Gasteiger partial charge on any atom is -0.333 e. The van der Waals surface area contributed by atoms with Gasteiger partial charge in [0.15, 0.2) is 0 Å². The Labute approximate surface area is 154 Å². The highest BCUT2D eigenvalue weighted by atomic mass is 35.5. The smallest absolute Gasteiger partial charge is 0.223 e. The molecule has 2 aromatic rings. The number of rotatable bonds is 5. The highest BCUT2D eigenvalue weighted by molar-refractivity contribution is 5.85. The Hall–Kier alpha value is -1.91. The average molecular weight is 363 g/mol. The third-order valence-electron chi connectivity index (χ3n) is 4.50. The van der Waals surface area contributed by atoms with Crippen LogP contribution in [0.15, 0.2) is 54.6 Å². The molecular formula is C20H24ClFN2O. The zero-order valence-corrected chi connectivity index (χ0v) is 15.0. The Morgan fingerprint density at radius 1 is 1.16 bits per heavy atom. The zero-order chi connectivity index (χ0) is 16.8. The van der Waals surface area contributed by atoms with Crippen LogP contribution in [0.25, 0.3) is 0 Å². The van der Waals surface area contributed by atoms with Crippen LogP contribution in [0, 0.1) is 5.82 Å². The highest BCUT2D eigenvalue weighted by Crippen LogP contribution is 2.24. The van der Waals surface area contributed by atoms with Gasteiger partial charge in [-0.3, -0.25) is 4.79 Å². The van der Waals surface area contributed by atoms with E-state index in [9.17, 15) is 9.18 Å². The van der Waals surface area contributed by atoms with Crippen LogP contribution >= 0.6 is 12.4 Å². The summed E-state index contributed by atoms with van der Waals surface area (Å²) >= 11 is 0. The molecule has 2 aromatic carbocycles. The Morgan fingerprint density at radius 2 is 1.96 bits per heavy atom. The number of hydrogen-bond donors (Lipinski definition) is 1. The van der Waals surface area contributed by atoms with E-state index >= 15 is 0 Å². The van der Waals surface area contributed by atoms with Crippen LogP contribution in [0.4, 0.5) is 4.39 Å². The molecule has 25 heavy (non-hydrogen) atoms. The molecule has 1 amide bonds. The van der Waals surface area contributed by atoms with E-state index in [1.165, 1.54) is 17.7 Å². The van der Waals surface area contributed by atoms with Crippen molar-refractivity contribution in [3.63, 3.8) is 0 Å². The number of aryl methyl sites for hydroxylation is 1. The van der Waals surface area contributed by atoms with E-state index in [4.69, 9.17) is 0 Å². The van der Waals surface area contributed by atoms with E-state index in [0.29, 0.717) is 19.5 Å². The van der Waals surface area contributed by atoms with Gasteiger partial charge in [-0.05, 0) is 36.1 Å². The first kappa shape index (κ1) is 19.4. The molecule has 134 valence electrons. The topological polar surface area (TPSA) is 32.3 Å². The molecule has 0 radical (unpaired) electrons. The number of halogens is 2. The van der Waals surface area contributed by atoms with Crippen LogP contribution in [-0.4, -0.2) is 30.4 Å². The minimum absolute atomic E-state index is 0. The van der Waals surface area contributed by atoms with Gasteiger partial charge in [0.25, 0.3) is 0 Å². The van der Waals surface area contributed by atoms with Crippen LogP contribution in [0.2, 0.25) is 0 Å². The number of carbonyl (C=O) groups is 1. The van der Waals surface area contributed by atoms with Gasteiger partial charge in [0.05, 0.1) is 6.04 Å². The second-order valence-electron chi connectivity index (χ2n) is 6.20. The van der Waals surface area contributed by atoms with E-state index in [-0.39, 0.29) is 30.2 Å². The molecule has 1 aliphatic heterocycles. The molecule has 1 aliphatic rings. The quantitative estimate of drug-likeness (QED) is 0.878. The number of piperazine rings is 1. The van der Waals surface area contributed by atoms with Crippen molar-refractivity contribution in [2.24, 2.45) is 0 Å². The second kappa shape index (κ2) is 9.54. The Balaban J connectivity index is 0.00000225. The summed E-state index contributed by atoms with van der Waals surface area (Å²) in [5.74, 6) is -0.101. The minimum atomic E-state index is -0.255. The van der Waals surface area contributed by atoms with Gasteiger partial charge < -0.3 is 10.2 Å². The van der Waals surface area contributed by atoms with E-state index in [1.54, 1.807) is 6.07 Å². The first-order valence-corrected chi connectivity index (χ1v) is 8.53. The lowest BCUT2D eigenvalue weighted by atomic mass is 10.0. The predicted molar refractivity (Wildman–Crippen MR) is 100 cm³/mol. The maximum Gasteiger partial charge on any atom is 0.223 e. The molecule has 0 saturated carbocycles. The van der Waals surface area contributed by atoms with Gasteiger partial charge >= 0.3 is 0 Å². The van der Waals surface area contributed by atoms with E-state index < -0.39 is 0 Å². The normalized spacial score (nSPS) is 17.0. The summed E-state index contributed by atoms with van der Waals surface area (Å²) in [5.41, 5.74) is 2.12. The number of amides is 1. The van der Waals surface area contributed by atoms with Gasteiger partial charge in [0.2, 0.25) is 5.91 Å². The summed E-state index contributed by atoms with van der Waals surface area (Å²) in [6.45, 7) is 2.13. The number of nitrogens with one attached hydrogen (secondary N) is 1. The molecule has 1 saturated heterocycles. The van der Waals surface area contributed by atoms with Crippen molar-refractivity contribution >= 4 is 18.3 Å². The number of benzene rings is 2. The van der Waals surface area contributed by atoms with E-state index in [1.807, 2.05) is 29.2 Å². The maximum absolute atomic E-state index is 13.5. The molecule has 1 heterocycles. The summed E-state index contributed by atoms with van der Waals surface area (Å²) in [6.07, 6.45) is 2.27. The lowest BCUT2D eigenvalue weighted by Gasteiger charge is -2.36. The molecule has 0 spiro atoms. The summed E-state index contributed by atoms with van der Waals surface area (Å²) in [4.78, 5) is 14.6. The number of hydrogen-bond acceptors (Lipinski definition) is 2. The van der Waals surface area contributed by atoms with Crippen molar-refractivity contribution in [3.8, 4) is 0 Å². The molecule has 3 rings (SSSR count). The van der Waals surface area contributed by atoms with Gasteiger partial charge in [0.1, 0.15) is 5.82 Å². The molecule has 5 heteroatoms. The average Bonchev–Trinajstić information content (AvgIpc) is 2.62. The van der Waals surface area contributed by atoms with Crippen molar-refractivity contribution in [2.75, 3.05) is 19.6 Å². The van der Waals surface area contributed by atoms with E-state index in [2.05, 4.69) is 17.4 Å². The predicted octanol–water partition coefficient (Wildman–Crippen LogP) is 3.74. The fourth-order valence-electron chi connectivity index (χ4n) is 3.25. The third kappa shape index (κ3) is 5.28. The highest BCUT2D eigenvalue weighted by Gasteiger charge is 2.27. The van der Waals surface area contributed by atoms with Gasteiger partial charge in [-0.25, -0.2) is 4.39 Å². The lowest BCUT2D eigenvalue weighted by molar-refractivity contribution is -0.134. The maximum atomic E-state index is 13.5. The second-order valence-corrected chi connectivity index (χ2v) is 6.20. The summed E-state index contributed by atoms with van der Waals surface area (Å²) in [5, 5.41) is 3.30. The van der Waals surface area contributed by atoms with Crippen LogP contribution in [-0.2, 0) is 11.2 Å². The fraction of sp³-hybridized carbons (Fsp3) is 0.350. The van der Waals surface area contributed by atoms with Crippen molar-refractivity contribution < 1.29 is 9.18 Å². The van der Waals surface area contributed by atoms with E-state index in [0.717, 1.165) is 24.9 Å². The monoisotopic (exact) mass is 362 g/mol. The largest absolute Gasteiger partial charge is 0.333 e. The molecule has 0 aromatic heterocycles. The fourth-order valence-corrected chi connectivity index (χ4v) is 3.25. The molecule has 1 fully saturated rings. The molecule has 0 bridgehead atoms. The molecule has 1 N–H and O–H groups in total. The van der Waals surface area contributed by atoms with Crippen LogP contribution in [0.1, 0.15) is 30.0 Å².